The zero-order chi connectivity index (χ0) is 20.4. The van der Waals surface area contributed by atoms with Gasteiger partial charge in [0.05, 0.1) is 31.7 Å². The van der Waals surface area contributed by atoms with Crippen molar-refractivity contribution in [3.8, 4) is 0 Å². The molecule has 28 heavy (non-hydrogen) atoms. The number of nitrogens with zero attached hydrogens (tertiary/aromatic N) is 4. The van der Waals surface area contributed by atoms with Gasteiger partial charge in [0.2, 0.25) is 0 Å². The molecule has 0 spiro atoms. The van der Waals surface area contributed by atoms with E-state index >= 15 is 0 Å². The fourth-order valence-corrected chi connectivity index (χ4v) is 3.58. The van der Waals surface area contributed by atoms with Gasteiger partial charge < -0.3 is 4.57 Å². The highest BCUT2D eigenvalue weighted by Gasteiger charge is 2.20. The first-order chi connectivity index (χ1) is 13.3. The molecule has 11 heteroatoms. The SMILES string of the molecule is C=CCn1c(=NC(=O)c2cc([N+](=O)[O-])cc([N+](=O)[O-])c2)sc2cc(F)ccc21. The van der Waals surface area contributed by atoms with Crippen molar-refractivity contribution in [3.63, 3.8) is 0 Å². The van der Waals surface area contributed by atoms with Gasteiger partial charge in [-0.15, -0.1) is 6.58 Å². The van der Waals surface area contributed by atoms with Crippen LogP contribution < -0.4 is 4.80 Å². The smallest absolute Gasteiger partial charge is 0.280 e. The lowest BCUT2D eigenvalue weighted by Crippen LogP contribution is -2.16. The van der Waals surface area contributed by atoms with Crippen molar-refractivity contribution >= 4 is 38.8 Å². The number of amides is 1. The molecule has 3 rings (SSSR count). The van der Waals surface area contributed by atoms with Gasteiger partial charge in [-0.3, -0.25) is 25.0 Å². The number of carbonyl (C=O) groups is 1. The van der Waals surface area contributed by atoms with Gasteiger partial charge in [-0.1, -0.05) is 17.4 Å². The Bertz CT molecular complexity index is 1180. The quantitative estimate of drug-likeness (QED) is 0.367. The standard InChI is InChI=1S/C17H11FN4O5S/c1-2-5-20-14-4-3-11(18)8-15(14)28-17(20)19-16(23)10-6-12(21(24)25)9-13(7-10)22(26)27/h2-4,6-9H,1,5H2. The molecule has 0 N–H and O–H groups in total. The van der Waals surface area contributed by atoms with Crippen LogP contribution in [-0.2, 0) is 6.54 Å². The molecule has 0 atom stereocenters. The molecule has 1 heterocycles. The first-order valence-electron chi connectivity index (χ1n) is 7.73. The zero-order valence-electron chi connectivity index (χ0n) is 14.1. The summed E-state index contributed by atoms with van der Waals surface area (Å²) >= 11 is 1.04. The number of nitro benzene ring substituents is 2. The van der Waals surface area contributed by atoms with Gasteiger partial charge in [-0.05, 0) is 18.2 Å². The summed E-state index contributed by atoms with van der Waals surface area (Å²) in [6, 6.07) is 6.70. The normalized spacial score (nSPS) is 11.5. The molecule has 3 aromatic rings. The summed E-state index contributed by atoms with van der Waals surface area (Å²) in [5.41, 5.74) is -0.854. The number of hydrogen-bond donors (Lipinski definition) is 0. The lowest BCUT2D eigenvalue weighted by molar-refractivity contribution is -0.394. The van der Waals surface area contributed by atoms with Crippen molar-refractivity contribution in [1.29, 1.82) is 0 Å². The maximum Gasteiger partial charge on any atom is 0.280 e. The van der Waals surface area contributed by atoms with Gasteiger partial charge >= 0.3 is 0 Å². The molecule has 0 aliphatic heterocycles. The van der Waals surface area contributed by atoms with Crippen LogP contribution in [0.25, 0.3) is 10.2 Å². The van der Waals surface area contributed by atoms with Crippen LogP contribution >= 0.6 is 11.3 Å². The van der Waals surface area contributed by atoms with Crippen LogP contribution in [0.4, 0.5) is 15.8 Å². The Morgan fingerprint density at radius 2 is 1.82 bits per heavy atom. The summed E-state index contributed by atoms with van der Waals surface area (Å²) in [6.07, 6.45) is 1.57. The van der Waals surface area contributed by atoms with Gasteiger partial charge in [0, 0.05) is 18.7 Å². The van der Waals surface area contributed by atoms with Gasteiger partial charge in [-0.25, -0.2) is 4.39 Å². The Morgan fingerprint density at radius 3 is 2.39 bits per heavy atom. The molecule has 0 saturated carbocycles. The summed E-state index contributed by atoms with van der Waals surface area (Å²) in [7, 11) is 0. The Balaban J connectivity index is 2.17. The van der Waals surface area contributed by atoms with E-state index in [0.29, 0.717) is 10.2 Å². The van der Waals surface area contributed by atoms with Crippen molar-refractivity contribution in [3.05, 3.63) is 85.5 Å². The van der Waals surface area contributed by atoms with Crippen molar-refractivity contribution in [2.24, 2.45) is 4.99 Å². The van der Waals surface area contributed by atoms with Gasteiger partial charge in [-0.2, -0.15) is 4.99 Å². The highest BCUT2D eigenvalue weighted by Crippen LogP contribution is 2.23. The molecule has 0 bridgehead atoms. The average Bonchev–Trinajstić information content (AvgIpc) is 2.97. The highest BCUT2D eigenvalue weighted by molar-refractivity contribution is 7.16. The second-order valence-electron chi connectivity index (χ2n) is 5.57. The van der Waals surface area contributed by atoms with Crippen LogP contribution in [-0.4, -0.2) is 20.3 Å². The fourth-order valence-electron chi connectivity index (χ4n) is 2.52. The molecule has 0 unspecified atom stereocenters. The number of aromatic nitrogens is 1. The Labute approximate surface area is 160 Å². The average molecular weight is 402 g/mol. The molecule has 0 saturated heterocycles. The minimum atomic E-state index is -0.892. The molecule has 0 aliphatic carbocycles. The Kier molecular flexibility index (Phi) is 5.09. The maximum atomic E-state index is 13.5. The second-order valence-corrected chi connectivity index (χ2v) is 6.57. The number of nitro groups is 2. The Morgan fingerprint density at radius 1 is 1.18 bits per heavy atom. The van der Waals surface area contributed by atoms with Crippen molar-refractivity contribution in [2.75, 3.05) is 0 Å². The van der Waals surface area contributed by atoms with Crippen LogP contribution in [0.1, 0.15) is 10.4 Å². The second kappa shape index (κ2) is 7.48. The number of rotatable bonds is 5. The molecule has 0 fully saturated rings. The van der Waals surface area contributed by atoms with Crippen molar-refractivity contribution in [2.45, 2.75) is 6.54 Å². The first-order valence-corrected chi connectivity index (χ1v) is 8.54. The third-order valence-electron chi connectivity index (χ3n) is 3.72. The van der Waals surface area contributed by atoms with E-state index in [1.165, 1.54) is 18.2 Å². The molecule has 0 radical (unpaired) electrons. The monoisotopic (exact) mass is 402 g/mol. The first kappa shape index (κ1) is 19.0. The van der Waals surface area contributed by atoms with Crippen LogP contribution in [0.2, 0.25) is 0 Å². The van der Waals surface area contributed by atoms with Crippen molar-refractivity contribution < 1.29 is 19.0 Å². The molecule has 1 amide bonds. The molecule has 1 aromatic heterocycles. The fraction of sp³-hybridized carbons (Fsp3) is 0.0588. The van der Waals surface area contributed by atoms with E-state index in [2.05, 4.69) is 11.6 Å². The molecule has 142 valence electrons. The summed E-state index contributed by atoms with van der Waals surface area (Å²) in [4.78, 5) is 37.0. The third kappa shape index (κ3) is 3.69. The summed E-state index contributed by atoms with van der Waals surface area (Å²) in [5, 5.41) is 22.0. The van der Waals surface area contributed by atoms with Crippen LogP contribution in [0.5, 0.6) is 0 Å². The molecular weight excluding hydrogens is 391 g/mol. The van der Waals surface area contributed by atoms with E-state index in [0.717, 1.165) is 29.5 Å². The maximum absolute atomic E-state index is 13.5. The van der Waals surface area contributed by atoms with E-state index in [4.69, 9.17) is 0 Å². The number of benzene rings is 2. The van der Waals surface area contributed by atoms with Crippen LogP contribution in [0, 0.1) is 26.0 Å². The minimum absolute atomic E-state index is 0.208. The van der Waals surface area contributed by atoms with Gasteiger partial charge in [0.15, 0.2) is 4.80 Å². The van der Waals surface area contributed by atoms with E-state index in [9.17, 15) is 29.4 Å². The third-order valence-corrected chi connectivity index (χ3v) is 4.77. The zero-order valence-corrected chi connectivity index (χ0v) is 14.9. The number of allylic oxidation sites excluding steroid dienone is 1. The molecule has 0 aliphatic rings. The number of halogens is 1. The molecule has 9 nitrogen and oxygen atoms in total. The number of fused-ring (bicyclic) bond motifs is 1. The van der Waals surface area contributed by atoms with Gasteiger partial charge in [0.25, 0.3) is 17.3 Å². The summed E-state index contributed by atoms with van der Waals surface area (Å²) in [5.74, 6) is -1.34. The minimum Gasteiger partial charge on any atom is -0.312 e. The van der Waals surface area contributed by atoms with Crippen LogP contribution in [0.3, 0.4) is 0 Å². The van der Waals surface area contributed by atoms with E-state index < -0.39 is 32.9 Å². The summed E-state index contributed by atoms with van der Waals surface area (Å²) < 4.78 is 15.6. The number of non-ortho nitro benzene ring substituents is 2. The van der Waals surface area contributed by atoms with E-state index in [1.807, 2.05) is 0 Å². The number of thiazole rings is 1. The van der Waals surface area contributed by atoms with E-state index in [1.54, 1.807) is 10.6 Å². The Hall–Kier alpha value is -3.73. The predicted octanol–water partition coefficient (Wildman–Crippen LogP) is 3.59. The van der Waals surface area contributed by atoms with Crippen LogP contribution in [0.15, 0.2) is 54.0 Å². The topological polar surface area (TPSA) is 121 Å². The van der Waals surface area contributed by atoms with E-state index in [-0.39, 0.29) is 16.9 Å². The van der Waals surface area contributed by atoms with Gasteiger partial charge in [0.1, 0.15) is 5.82 Å². The highest BCUT2D eigenvalue weighted by atomic mass is 32.1. The van der Waals surface area contributed by atoms with Crippen molar-refractivity contribution in [1.82, 2.24) is 4.57 Å². The molecule has 2 aromatic carbocycles. The largest absolute Gasteiger partial charge is 0.312 e. The molecular formula is C17H11FN4O5S. The summed E-state index contributed by atoms with van der Waals surface area (Å²) in [6.45, 7) is 3.92. The number of hydrogen-bond acceptors (Lipinski definition) is 6. The lowest BCUT2D eigenvalue weighted by Gasteiger charge is -2.01. The predicted molar refractivity (Wildman–Crippen MR) is 99.6 cm³/mol. The number of carbonyl (C=O) groups excluding carboxylic acids is 1. The lowest BCUT2D eigenvalue weighted by atomic mass is 10.1.